The maximum Gasteiger partial charge on any atom is 0.335 e. The van der Waals surface area contributed by atoms with E-state index < -0.39 is 17.8 Å². The number of benzene rings is 2. The van der Waals surface area contributed by atoms with E-state index in [1.165, 1.54) is 44.6 Å². The van der Waals surface area contributed by atoms with E-state index in [2.05, 4.69) is 11.9 Å². The van der Waals surface area contributed by atoms with Crippen LogP contribution in [-0.2, 0) is 16.0 Å². The van der Waals surface area contributed by atoms with Gasteiger partial charge in [0.05, 0.1) is 24.9 Å². The number of hydrogen-bond acceptors (Lipinski definition) is 6. The van der Waals surface area contributed by atoms with Gasteiger partial charge in [0.15, 0.2) is 11.5 Å². The van der Waals surface area contributed by atoms with Crippen LogP contribution in [0, 0.1) is 0 Å². The molecule has 9 heteroatoms. The van der Waals surface area contributed by atoms with Gasteiger partial charge in [-0.05, 0) is 48.4 Å². The monoisotopic (exact) mass is 442 g/mol. The summed E-state index contributed by atoms with van der Waals surface area (Å²) >= 11 is 6.11. The van der Waals surface area contributed by atoms with Crippen LogP contribution in [0.5, 0.6) is 17.2 Å². The number of allylic oxidation sites excluding steroid dienone is 1. The Hall–Kier alpha value is -3.78. The average molecular weight is 443 g/mol. The molecule has 4 amide bonds. The summed E-state index contributed by atoms with van der Waals surface area (Å²) in [6.07, 6.45) is 3.25. The number of halogens is 1. The van der Waals surface area contributed by atoms with Gasteiger partial charge in [-0.2, -0.15) is 0 Å². The summed E-state index contributed by atoms with van der Waals surface area (Å²) in [5.74, 6) is -1.19. The van der Waals surface area contributed by atoms with Crippen molar-refractivity contribution in [2.24, 2.45) is 0 Å². The third-order valence-corrected chi connectivity index (χ3v) is 4.86. The van der Waals surface area contributed by atoms with Gasteiger partial charge in [0, 0.05) is 5.56 Å². The van der Waals surface area contributed by atoms with Crippen molar-refractivity contribution in [3.8, 4) is 17.2 Å². The van der Waals surface area contributed by atoms with Crippen LogP contribution in [0.2, 0.25) is 5.02 Å². The summed E-state index contributed by atoms with van der Waals surface area (Å²) in [6.45, 7) is 3.64. The number of aromatic hydroxyl groups is 1. The first-order valence-electron chi connectivity index (χ1n) is 9.06. The summed E-state index contributed by atoms with van der Waals surface area (Å²) in [5, 5.41) is 12.6. The van der Waals surface area contributed by atoms with E-state index in [4.69, 9.17) is 21.1 Å². The number of methoxy groups -OCH3 is 2. The number of anilines is 1. The van der Waals surface area contributed by atoms with Crippen molar-refractivity contribution in [3.05, 3.63) is 64.7 Å². The summed E-state index contributed by atoms with van der Waals surface area (Å²) < 4.78 is 10.2. The van der Waals surface area contributed by atoms with Gasteiger partial charge >= 0.3 is 6.03 Å². The smallest absolute Gasteiger partial charge is 0.335 e. The lowest BCUT2D eigenvalue weighted by Crippen LogP contribution is -2.54. The first-order valence-corrected chi connectivity index (χ1v) is 9.44. The molecule has 0 spiro atoms. The Morgan fingerprint density at radius 3 is 2.45 bits per heavy atom. The Balaban J connectivity index is 2.06. The first-order chi connectivity index (χ1) is 14.8. The van der Waals surface area contributed by atoms with Crippen molar-refractivity contribution in [2.75, 3.05) is 19.1 Å². The van der Waals surface area contributed by atoms with E-state index >= 15 is 0 Å². The number of carbonyl (C=O) groups is 3. The van der Waals surface area contributed by atoms with Crippen LogP contribution >= 0.6 is 11.6 Å². The number of carbonyl (C=O) groups excluding carboxylic acids is 3. The van der Waals surface area contributed by atoms with Gasteiger partial charge in [0.2, 0.25) is 0 Å². The third kappa shape index (κ3) is 4.24. The molecule has 0 atom stereocenters. The quantitative estimate of drug-likeness (QED) is 0.403. The largest absolute Gasteiger partial charge is 0.504 e. The van der Waals surface area contributed by atoms with Crippen LogP contribution in [0.3, 0.4) is 0 Å². The normalized spacial score (nSPS) is 15.1. The van der Waals surface area contributed by atoms with E-state index in [9.17, 15) is 19.5 Å². The van der Waals surface area contributed by atoms with Crippen LogP contribution in [0.1, 0.15) is 11.1 Å². The molecule has 2 N–H and O–H groups in total. The topological polar surface area (TPSA) is 105 Å². The highest BCUT2D eigenvalue weighted by molar-refractivity contribution is 6.39. The van der Waals surface area contributed by atoms with Gasteiger partial charge in [-0.25, -0.2) is 9.69 Å². The van der Waals surface area contributed by atoms with Crippen molar-refractivity contribution in [3.63, 3.8) is 0 Å². The Labute approximate surface area is 183 Å². The molecule has 0 aromatic heterocycles. The maximum absolute atomic E-state index is 13.1. The van der Waals surface area contributed by atoms with Gasteiger partial charge in [0.1, 0.15) is 11.3 Å². The van der Waals surface area contributed by atoms with Gasteiger partial charge in [-0.3, -0.25) is 14.9 Å². The van der Waals surface area contributed by atoms with Gasteiger partial charge in [0.25, 0.3) is 11.8 Å². The zero-order valence-electron chi connectivity index (χ0n) is 16.8. The minimum atomic E-state index is -0.899. The lowest BCUT2D eigenvalue weighted by atomic mass is 10.0. The second kappa shape index (κ2) is 8.93. The zero-order chi connectivity index (χ0) is 22.7. The minimum Gasteiger partial charge on any atom is -0.504 e. The summed E-state index contributed by atoms with van der Waals surface area (Å²) in [7, 11) is 2.82. The van der Waals surface area contributed by atoms with Crippen LogP contribution in [0.4, 0.5) is 10.5 Å². The molecule has 3 rings (SSSR count). The number of nitrogens with zero attached hydrogens (tertiary/aromatic N) is 1. The number of rotatable bonds is 6. The average Bonchev–Trinajstić information content (AvgIpc) is 2.73. The highest BCUT2D eigenvalue weighted by Gasteiger charge is 2.37. The fraction of sp³-hybridized carbons (Fsp3) is 0.136. The SMILES string of the molecule is C=CCc1cc(/C=C2\C(=O)NC(=O)N(c3ccc(OC)c(Cl)c3)C2=O)cc(OC)c1O. The minimum absolute atomic E-state index is 0.0614. The molecule has 2 aromatic carbocycles. The molecule has 0 bridgehead atoms. The van der Waals surface area contributed by atoms with Crippen molar-refractivity contribution < 1.29 is 29.0 Å². The maximum atomic E-state index is 13.1. The number of nitrogens with one attached hydrogen (secondary N) is 1. The predicted octanol–water partition coefficient (Wildman–Crippen LogP) is 3.46. The highest BCUT2D eigenvalue weighted by Crippen LogP contribution is 2.34. The van der Waals surface area contributed by atoms with Crippen molar-refractivity contribution in [1.82, 2.24) is 5.32 Å². The van der Waals surface area contributed by atoms with E-state index in [0.717, 1.165) is 4.90 Å². The van der Waals surface area contributed by atoms with E-state index in [1.807, 2.05) is 0 Å². The Morgan fingerprint density at radius 2 is 1.84 bits per heavy atom. The van der Waals surface area contributed by atoms with Crippen LogP contribution < -0.4 is 19.7 Å². The molecule has 1 saturated heterocycles. The molecule has 0 aliphatic carbocycles. The van der Waals surface area contributed by atoms with Gasteiger partial charge < -0.3 is 14.6 Å². The first kappa shape index (κ1) is 21.9. The molecule has 1 aliphatic rings. The predicted molar refractivity (Wildman–Crippen MR) is 116 cm³/mol. The Kier molecular flexibility index (Phi) is 6.31. The number of amides is 4. The Bertz CT molecular complexity index is 1130. The fourth-order valence-electron chi connectivity index (χ4n) is 3.09. The number of barbiturate groups is 1. The molecule has 8 nitrogen and oxygen atoms in total. The van der Waals surface area contributed by atoms with Crippen molar-refractivity contribution in [1.29, 1.82) is 0 Å². The molecule has 1 heterocycles. The number of phenolic OH excluding ortho intramolecular Hbond substituents is 1. The number of ether oxygens (including phenoxy) is 2. The number of imide groups is 2. The van der Waals surface area contributed by atoms with E-state index in [0.29, 0.717) is 23.3 Å². The standard InChI is InChI=1S/C22H19ClN2O6/c1-4-5-13-8-12(10-18(31-3)19(13)26)9-15-20(27)24-22(29)25(21(15)28)14-6-7-17(30-2)16(23)11-14/h4,6-11,26H,1,5H2,2-3H3,(H,24,27,29)/b15-9+. The lowest BCUT2D eigenvalue weighted by molar-refractivity contribution is -0.122. The zero-order valence-corrected chi connectivity index (χ0v) is 17.5. The molecule has 1 fully saturated rings. The number of phenols is 1. The fourth-order valence-corrected chi connectivity index (χ4v) is 3.34. The second-order valence-electron chi connectivity index (χ2n) is 6.50. The summed E-state index contributed by atoms with van der Waals surface area (Å²) in [4.78, 5) is 38.6. The van der Waals surface area contributed by atoms with Crippen molar-refractivity contribution >= 4 is 41.2 Å². The number of hydrogen-bond donors (Lipinski definition) is 2. The lowest BCUT2D eigenvalue weighted by Gasteiger charge is -2.26. The molecule has 31 heavy (non-hydrogen) atoms. The third-order valence-electron chi connectivity index (χ3n) is 4.57. The van der Waals surface area contributed by atoms with Crippen LogP contribution in [0.15, 0.2) is 48.6 Å². The summed E-state index contributed by atoms with van der Waals surface area (Å²) in [6, 6.07) is 6.53. The molecular formula is C22H19ClN2O6. The molecule has 0 saturated carbocycles. The molecule has 0 radical (unpaired) electrons. The molecule has 2 aromatic rings. The van der Waals surface area contributed by atoms with Crippen LogP contribution in [-0.4, -0.2) is 37.2 Å². The molecule has 0 unspecified atom stereocenters. The second-order valence-corrected chi connectivity index (χ2v) is 6.91. The number of urea groups is 1. The van der Waals surface area contributed by atoms with E-state index in [-0.39, 0.29) is 27.8 Å². The Morgan fingerprint density at radius 1 is 1.13 bits per heavy atom. The van der Waals surface area contributed by atoms with Crippen molar-refractivity contribution in [2.45, 2.75) is 6.42 Å². The molecular weight excluding hydrogens is 424 g/mol. The van der Waals surface area contributed by atoms with Gasteiger partial charge in [-0.15, -0.1) is 6.58 Å². The summed E-state index contributed by atoms with van der Waals surface area (Å²) in [5.41, 5.74) is 0.818. The molecule has 160 valence electrons. The highest BCUT2D eigenvalue weighted by atomic mass is 35.5. The van der Waals surface area contributed by atoms with E-state index in [1.54, 1.807) is 12.1 Å². The van der Waals surface area contributed by atoms with Crippen LogP contribution in [0.25, 0.3) is 6.08 Å². The molecule has 1 aliphatic heterocycles. The van der Waals surface area contributed by atoms with Gasteiger partial charge in [-0.1, -0.05) is 17.7 Å².